The Labute approximate surface area is 229 Å². The van der Waals surface area contributed by atoms with E-state index in [-0.39, 0.29) is 19.3 Å². The first-order valence-corrected chi connectivity index (χ1v) is 12.9. The molecule has 4 rings (SSSR count). The molecule has 1 aliphatic heterocycles. The summed E-state index contributed by atoms with van der Waals surface area (Å²) in [4.78, 5) is 4.48. The van der Waals surface area contributed by atoms with Crippen molar-refractivity contribution in [1.82, 2.24) is 4.90 Å². The van der Waals surface area contributed by atoms with E-state index in [1.54, 1.807) is 32.0 Å². The average molecular weight is 543 g/mol. The highest BCUT2D eigenvalue weighted by Gasteiger charge is 2.26. The largest absolute Gasteiger partial charge is 0.491 e. The third kappa shape index (κ3) is 8.92. The molecular formula is C29H33Cl2N3O3. The third-order valence-electron chi connectivity index (χ3n) is 5.94. The van der Waals surface area contributed by atoms with Crippen molar-refractivity contribution >= 4 is 28.9 Å². The molecule has 1 fully saturated rings. The van der Waals surface area contributed by atoms with Crippen LogP contribution in [-0.4, -0.2) is 60.1 Å². The lowest BCUT2D eigenvalue weighted by molar-refractivity contribution is 0.0285. The number of aliphatic hydroxyl groups excluding tert-OH is 1. The number of halogens is 2. The van der Waals surface area contributed by atoms with Crippen LogP contribution in [-0.2, 0) is 0 Å². The summed E-state index contributed by atoms with van der Waals surface area (Å²) in [7, 11) is 0. The summed E-state index contributed by atoms with van der Waals surface area (Å²) in [5.74, 6) is 0.630. The van der Waals surface area contributed by atoms with E-state index in [0.717, 1.165) is 42.5 Å². The van der Waals surface area contributed by atoms with Gasteiger partial charge in [0.15, 0.2) is 0 Å². The van der Waals surface area contributed by atoms with Gasteiger partial charge in [0, 0.05) is 37.3 Å². The summed E-state index contributed by atoms with van der Waals surface area (Å²) in [5.41, 5.74) is 1.67. The van der Waals surface area contributed by atoms with Gasteiger partial charge in [-0.2, -0.15) is 5.26 Å². The van der Waals surface area contributed by atoms with Crippen LogP contribution < -0.4 is 9.64 Å². The lowest BCUT2D eigenvalue weighted by atomic mass is 10.0. The van der Waals surface area contributed by atoms with Gasteiger partial charge in [0.1, 0.15) is 12.4 Å². The van der Waals surface area contributed by atoms with Crippen molar-refractivity contribution in [3.63, 3.8) is 0 Å². The number of aliphatic hydroxyl groups is 2. The minimum atomic E-state index is -0.903. The smallest absolute Gasteiger partial charge is 0.121 e. The lowest BCUT2D eigenvalue weighted by Crippen LogP contribution is -2.48. The number of ether oxygens (including phenoxy) is 1. The molecule has 0 amide bonds. The summed E-state index contributed by atoms with van der Waals surface area (Å²) in [6.45, 7) is 6.77. The highest BCUT2D eigenvalue weighted by molar-refractivity contribution is 6.33. The maximum atomic E-state index is 9.95. The van der Waals surface area contributed by atoms with Crippen LogP contribution in [0.5, 0.6) is 5.75 Å². The normalized spacial score (nSPS) is 14.8. The molecule has 0 radical (unpaired) electrons. The number of anilines is 1. The van der Waals surface area contributed by atoms with Crippen molar-refractivity contribution in [3.05, 3.63) is 94.0 Å². The first-order chi connectivity index (χ1) is 17.7. The van der Waals surface area contributed by atoms with Gasteiger partial charge in [-0.1, -0.05) is 53.5 Å². The Hall–Kier alpha value is -2.79. The molecule has 1 atom stereocenters. The molecule has 37 heavy (non-hydrogen) atoms. The van der Waals surface area contributed by atoms with Crippen molar-refractivity contribution < 1.29 is 14.9 Å². The van der Waals surface area contributed by atoms with Crippen LogP contribution in [0, 0.1) is 11.3 Å². The van der Waals surface area contributed by atoms with E-state index in [1.807, 2.05) is 54.6 Å². The summed E-state index contributed by atoms with van der Waals surface area (Å²) < 4.78 is 5.61. The van der Waals surface area contributed by atoms with Gasteiger partial charge in [0.05, 0.1) is 40.6 Å². The van der Waals surface area contributed by atoms with Gasteiger partial charge in [0.2, 0.25) is 0 Å². The molecule has 0 saturated carbocycles. The fourth-order valence-corrected chi connectivity index (χ4v) is 4.43. The summed E-state index contributed by atoms with van der Waals surface area (Å²) in [5, 5.41) is 30.1. The predicted molar refractivity (Wildman–Crippen MR) is 149 cm³/mol. The summed E-state index contributed by atoms with van der Waals surface area (Å²) >= 11 is 12.0. The topological polar surface area (TPSA) is 80.0 Å². The zero-order valence-electron chi connectivity index (χ0n) is 21.1. The highest BCUT2D eigenvalue weighted by atomic mass is 35.5. The van der Waals surface area contributed by atoms with E-state index >= 15 is 0 Å². The van der Waals surface area contributed by atoms with Crippen molar-refractivity contribution in [1.29, 1.82) is 5.26 Å². The number of hydrogen-bond donors (Lipinski definition) is 2. The minimum absolute atomic E-state index is 0.0277. The van der Waals surface area contributed by atoms with Gasteiger partial charge in [-0.3, -0.25) is 4.90 Å². The van der Waals surface area contributed by atoms with Gasteiger partial charge in [0.25, 0.3) is 0 Å². The average Bonchev–Trinajstić information content (AvgIpc) is 2.89. The van der Waals surface area contributed by atoms with E-state index in [0.29, 0.717) is 16.3 Å². The van der Waals surface area contributed by atoms with E-state index in [9.17, 15) is 10.2 Å². The van der Waals surface area contributed by atoms with Crippen molar-refractivity contribution in [2.75, 3.05) is 44.3 Å². The summed E-state index contributed by atoms with van der Waals surface area (Å²) in [6, 6.07) is 24.5. The molecule has 196 valence electrons. The second-order valence-electron chi connectivity index (χ2n) is 9.47. The zero-order valence-corrected chi connectivity index (χ0v) is 22.7. The Morgan fingerprint density at radius 2 is 1.62 bits per heavy atom. The predicted octanol–water partition coefficient (Wildman–Crippen LogP) is 5.56. The van der Waals surface area contributed by atoms with E-state index in [4.69, 9.17) is 33.2 Å². The number of nitriles is 1. The number of nitrogens with zero attached hydrogens (tertiary/aromatic N) is 3. The standard InChI is InChI=1S/C23H28ClN3O3.C6H5Cl/c1-23(2,29)16-30-19-7-8-21(20(24)13-19)26-9-11-27(12-10-26)22(15-28)18-5-3-17(14-25)4-6-18;7-6-4-2-1-3-5-6/h3-8,13,22,28-29H,9-12,15-16H2,1-2H3;1-5H. The Bertz CT molecular complexity index is 1150. The molecule has 1 heterocycles. The van der Waals surface area contributed by atoms with Crippen LogP contribution in [0.1, 0.15) is 31.0 Å². The zero-order chi connectivity index (χ0) is 26.8. The fraction of sp³-hybridized carbons (Fsp3) is 0.345. The van der Waals surface area contributed by atoms with Crippen molar-refractivity contribution in [3.8, 4) is 11.8 Å². The first-order valence-electron chi connectivity index (χ1n) is 12.2. The van der Waals surface area contributed by atoms with Crippen LogP contribution in [0.2, 0.25) is 10.0 Å². The number of piperazine rings is 1. The van der Waals surface area contributed by atoms with Gasteiger partial charge >= 0.3 is 0 Å². The van der Waals surface area contributed by atoms with Crippen molar-refractivity contribution in [2.45, 2.75) is 25.5 Å². The molecule has 3 aromatic rings. The van der Waals surface area contributed by atoms with Crippen LogP contribution in [0.25, 0.3) is 0 Å². The third-order valence-corrected chi connectivity index (χ3v) is 6.49. The summed E-state index contributed by atoms with van der Waals surface area (Å²) in [6.07, 6.45) is 0. The molecule has 0 aliphatic carbocycles. The van der Waals surface area contributed by atoms with Gasteiger partial charge in [-0.15, -0.1) is 0 Å². The molecule has 6 nitrogen and oxygen atoms in total. The van der Waals surface area contributed by atoms with Gasteiger partial charge < -0.3 is 19.8 Å². The van der Waals surface area contributed by atoms with Crippen LogP contribution in [0.4, 0.5) is 5.69 Å². The van der Waals surface area contributed by atoms with Crippen molar-refractivity contribution in [2.24, 2.45) is 0 Å². The molecule has 0 aromatic heterocycles. The Morgan fingerprint density at radius 3 is 2.11 bits per heavy atom. The lowest BCUT2D eigenvalue weighted by Gasteiger charge is -2.40. The highest BCUT2D eigenvalue weighted by Crippen LogP contribution is 2.32. The van der Waals surface area contributed by atoms with Gasteiger partial charge in [-0.25, -0.2) is 0 Å². The molecule has 3 aromatic carbocycles. The maximum Gasteiger partial charge on any atom is 0.121 e. The molecule has 1 saturated heterocycles. The second-order valence-corrected chi connectivity index (χ2v) is 10.3. The molecule has 0 bridgehead atoms. The van der Waals surface area contributed by atoms with Crippen LogP contribution in [0.3, 0.4) is 0 Å². The number of hydrogen-bond acceptors (Lipinski definition) is 6. The molecule has 1 aliphatic rings. The molecule has 8 heteroatoms. The van der Waals surface area contributed by atoms with Crippen LogP contribution in [0.15, 0.2) is 72.8 Å². The number of benzene rings is 3. The Balaban J connectivity index is 0.000000468. The fourth-order valence-electron chi connectivity index (χ4n) is 3.99. The van der Waals surface area contributed by atoms with E-state index in [1.165, 1.54) is 0 Å². The van der Waals surface area contributed by atoms with Gasteiger partial charge in [-0.05, 0) is 55.8 Å². The SMILES string of the molecule is CC(C)(O)COc1ccc(N2CCN(C(CO)c3ccc(C#N)cc3)CC2)c(Cl)c1.Clc1ccccc1. The molecule has 2 N–H and O–H groups in total. The molecule has 0 spiro atoms. The minimum Gasteiger partial charge on any atom is -0.491 e. The molecule has 1 unspecified atom stereocenters. The number of rotatable bonds is 7. The Morgan fingerprint density at radius 1 is 0.973 bits per heavy atom. The monoisotopic (exact) mass is 541 g/mol. The first kappa shape index (κ1) is 28.8. The van der Waals surface area contributed by atoms with Crippen LogP contribution >= 0.6 is 23.2 Å². The quantitative estimate of drug-likeness (QED) is 0.407. The maximum absolute atomic E-state index is 9.95. The van der Waals surface area contributed by atoms with E-state index in [2.05, 4.69) is 15.9 Å². The van der Waals surface area contributed by atoms with E-state index < -0.39 is 5.60 Å². The Kier molecular flexibility index (Phi) is 10.6. The second kappa shape index (κ2) is 13.7. The molecular weight excluding hydrogens is 509 g/mol.